The standard InChI is InChI=1S/C28H20FN3O6S/c1-31-25(35)20-4-2-3-5-21(20)30-28(31)39-23-14-24(34)32(26(23)36)19-12-8-17(9-13-19)27(37)38-15-22(33)16-6-10-18(29)11-7-16/h2-13,23H,14-15H2,1H3. The molecule has 11 heteroatoms. The van der Waals surface area contributed by atoms with Crippen LogP contribution < -0.4 is 10.5 Å². The molecule has 0 bridgehead atoms. The van der Waals surface area contributed by atoms with E-state index in [1.165, 1.54) is 41.0 Å². The van der Waals surface area contributed by atoms with Gasteiger partial charge in [-0.1, -0.05) is 23.9 Å². The van der Waals surface area contributed by atoms with Crippen LogP contribution >= 0.6 is 11.8 Å². The molecule has 0 saturated carbocycles. The van der Waals surface area contributed by atoms with Crippen molar-refractivity contribution in [2.24, 2.45) is 7.05 Å². The van der Waals surface area contributed by atoms with Gasteiger partial charge < -0.3 is 4.74 Å². The fourth-order valence-electron chi connectivity index (χ4n) is 4.08. The smallest absolute Gasteiger partial charge is 0.338 e. The molecule has 3 aromatic carbocycles. The zero-order valence-electron chi connectivity index (χ0n) is 20.5. The van der Waals surface area contributed by atoms with Gasteiger partial charge in [-0.2, -0.15) is 0 Å². The minimum atomic E-state index is -0.779. The molecule has 0 spiro atoms. The molecule has 5 rings (SSSR count). The van der Waals surface area contributed by atoms with E-state index in [1.807, 2.05) is 0 Å². The summed E-state index contributed by atoms with van der Waals surface area (Å²) in [5.74, 6) is -2.64. The molecule has 9 nitrogen and oxygen atoms in total. The van der Waals surface area contributed by atoms with Crippen molar-refractivity contribution in [3.05, 3.63) is 100 Å². The molecule has 1 saturated heterocycles. The van der Waals surface area contributed by atoms with Gasteiger partial charge in [0.15, 0.2) is 17.5 Å². The second-order valence-electron chi connectivity index (χ2n) is 8.71. The number of rotatable bonds is 7. The molecule has 1 fully saturated rings. The topological polar surface area (TPSA) is 116 Å². The average molecular weight is 546 g/mol. The molecule has 196 valence electrons. The highest BCUT2D eigenvalue weighted by Gasteiger charge is 2.41. The molecule has 39 heavy (non-hydrogen) atoms. The number of hydrogen-bond acceptors (Lipinski definition) is 8. The van der Waals surface area contributed by atoms with E-state index in [0.29, 0.717) is 16.1 Å². The molecule has 1 atom stereocenters. The van der Waals surface area contributed by atoms with Gasteiger partial charge in [0.1, 0.15) is 11.1 Å². The van der Waals surface area contributed by atoms with Gasteiger partial charge in [0, 0.05) is 19.0 Å². The minimum absolute atomic E-state index is 0.0819. The highest BCUT2D eigenvalue weighted by molar-refractivity contribution is 8.00. The Morgan fingerprint density at radius 3 is 2.36 bits per heavy atom. The van der Waals surface area contributed by atoms with Crippen molar-refractivity contribution in [1.82, 2.24) is 9.55 Å². The maximum absolute atomic E-state index is 13.1. The summed E-state index contributed by atoms with van der Waals surface area (Å²) in [6, 6.07) is 17.4. The monoisotopic (exact) mass is 545 g/mol. The number of carbonyl (C=O) groups is 4. The SMILES string of the molecule is Cn1c(SC2CC(=O)N(c3ccc(C(=O)OCC(=O)c4ccc(F)cc4)cc3)C2=O)nc2ccccc2c1=O. The normalized spacial score (nSPS) is 15.1. The lowest BCUT2D eigenvalue weighted by atomic mass is 10.1. The number of amides is 2. The van der Waals surface area contributed by atoms with Crippen molar-refractivity contribution < 1.29 is 28.3 Å². The van der Waals surface area contributed by atoms with Crippen molar-refractivity contribution >= 4 is 51.9 Å². The van der Waals surface area contributed by atoms with Crippen LogP contribution in [-0.4, -0.2) is 45.0 Å². The maximum atomic E-state index is 13.1. The Balaban J connectivity index is 1.26. The van der Waals surface area contributed by atoms with Gasteiger partial charge >= 0.3 is 5.97 Å². The number of fused-ring (bicyclic) bond motifs is 1. The minimum Gasteiger partial charge on any atom is -0.454 e. The Kier molecular flexibility index (Phi) is 7.07. The van der Waals surface area contributed by atoms with E-state index in [4.69, 9.17) is 4.74 Å². The van der Waals surface area contributed by atoms with Gasteiger partial charge in [0.05, 0.1) is 22.2 Å². The van der Waals surface area contributed by atoms with Crippen LogP contribution in [0.2, 0.25) is 0 Å². The lowest BCUT2D eigenvalue weighted by Gasteiger charge is -2.16. The number of thioether (sulfide) groups is 1. The van der Waals surface area contributed by atoms with Crippen LogP contribution in [0.15, 0.2) is 82.7 Å². The maximum Gasteiger partial charge on any atom is 0.338 e. The van der Waals surface area contributed by atoms with Gasteiger partial charge in [-0.05, 0) is 60.7 Å². The van der Waals surface area contributed by atoms with Crippen LogP contribution in [0.3, 0.4) is 0 Å². The highest BCUT2D eigenvalue weighted by Crippen LogP contribution is 2.33. The molecular weight excluding hydrogens is 525 g/mol. The zero-order chi connectivity index (χ0) is 27.7. The molecule has 0 aliphatic carbocycles. The van der Waals surface area contributed by atoms with Gasteiger partial charge in [-0.15, -0.1) is 0 Å². The first-order valence-corrected chi connectivity index (χ1v) is 12.7. The number of ketones is 1. The van der Waals surface area contributed by atoms with E-state index in [0.717, 1.165) is 28.8 Å². The predicted molar refractivity (Wildman–Crippen MR) is 141 cm³/mol. The summed E-state index contributed by atoms with van der Waals surface area (Å²) in [5.41, 5.74) is 0.840. The summed E-state index contributed by atoms with van der Waals surface area (Å²) in [7, 11) is 1.56. The largest absolute Gasteiger partial charge is 0.454 e. The number of esters is 1. The molecule has 1 aromatic heterocycles. The Morgan fingerprint density at radius 2 is 1.64 bits per heavy atom. The van der Waals surface area contributed by atoms with Crippen LogP contribution in [0.5, 0.6) is 0 Å². The molecule has 1 aliphatic heterocycles. The number of benzene rings is 3. The van der Waals surface area contributed by atoms with Crippen molar-refractivity contribution in [2.45, 2.75) is 16.8 Å². The molecule has 2 heterocycles. The summed E-state index contributed by atoms with van der Waals surface area (Å²) in [4.78, 5) is 68.6. The van der Waals surface area contributed by atoms with E-state index in [1.54, 1.807) is 31.3 Å². The first-order valence-electron chi connectivity index (χ1n) is 11.8. The van der Waals surface area contributed by atoms with Gasteiger partial charge in [-0.25, -0.2) is 19.1 Å². The summed E-state index contributed by atoms with van der Waals surface area (Å²) >= 11 is 1.05. The molecule has 4 aromatic rings. The number of aromatic nitrogens is 2. The number of para-hydroxylation sites is 1. The number of ether oxygens (including phenoxy) is 1. The third-order valence-corrected chi connectivity index (χ3v) is 7.39. The van der Waals surface area contributed by atoms with Crippen LogP contribution in [0.1, 0.15) is 27.1 Å². The van der Waals surface area contributed by atoms with E-state index in [2.05, 4.69) is 4.98 Å². The number of carbonyl (C=O) groups excluding carboxylic acids is 4. The van der Waals surface area contributed by atoms with Gasteiger partial charge in [0.2, 0.25) is 11.8 Å². The van der Waals surface area contributed by atoms with Crippen molar-refractivity contribution in [3.8, 4) is 0 Å². The Bertz CT molecular complexity index is 1680. The quantitative estimate of drug-likeness (QED) is 0.150. The molecule has 1 aliphatic rings. The van der Waals surface area contributed by atoms with Crippen LogP contribution in [0.4, 0.5) is 10.1 Å². The van der Waals surface area contributed by atoms with Gasteiger partial charge in [-0.3, -0.25) is 23.7 Å². The average Bonchev–Trinajstić information content (AvgIpc) is 3.22. The summed E-state index contributed by atoms with van der Waals surface area (Å²) < 4.78 is 19.4. The van der Waals surface area contributed by atoms with Crippen LogP contribution in [0, 0.1) is 5.82 Å². The Hall–Kier alpha value is -4.64. The number of anilines is 1. The molecular formula is C28H20FN3O6S. The predicted octanol–water partition coefficient (Wildman–Crippen LogP) is 3.54. The van der Waals surface area contributed by atoms with E-state index in [-0.39, 0.29) is 28.8 Å². The molecule has 0 N–H and O–H groups in total. The number of imide groups is 1. The van der Waals surface area contributed by atoms with E-state index in [9.17, 15) is 28.4 Å². The van der Waals surface area contributed by atoms with E-state index < -0.39 is 41.2 Å². The summed E-state index contributed by atoms with van der Waals surface area (Å²) in [6.07, 6.45) is -0.0819. The summed E-state index contributed by atoms with van der Waals surface area (Å²) in [6.45, 7) is -0.528. The first kappa shape index (κ1) is 26.0. The van der Waals surface area contributed by atoms with Crippen LogP contribution in [-0.2, 0) is 21.4 Å². The number of Topliss-reactive ketones (excluding diaryl/α,β-unsaturated/α-hetero) is 1. The third-order valence-electron chi connectivity index (χ3n) is 6.16. The number of hydrogen-bond donors (Lipinski definition) is 0. The lowest BCUT2D eigenvalue weighted by molar-refractivity contribution is -0.121. The van der Waals surface area contributed by atoms with Crippen molar-refractivity contribution in [2.75, 3.05) is 11.5 Å². The lowest BCUT2D eigenvalue weighted by Crippen LogP contribution is -2.31. The fourth-order valence-corrected chi connectivity index (χ4v) is 5.16. The van der Waals surface area contributed by atoms with Crippen LogP contribution in [0.25, 0.3) is 10.9 Å². The third kappa shape index (κ3) is 5.21. The molecule has 2 amide bonds. The van der Waals surface area contributed by atoms with E-state index >= 15 is 0 Å². The molecule has 0 radical (unpaired) electrons. The second-order valence-corrected chi connectivity index (χ2v) is 9.88. The Morgan fingerprint density at radius 1 is 0.974 bits per heavy atom. The zero-order valence-corrected chi connectivity index (χ0v) is 21.3. The van der Waals surface area contributed by atoms with Gasteiger partial charge in [0.25, 0.3) is 5.56 Å². The van der Waals surface area contributed by atoms with Crippen molar-refractivity contribution in [3.63, 3.8) is 0 Å². The molecule has 1 unspecified atom stereocenters. The fraction of sp³-hybridized carbons (Fsp3) is 0.143. The highest BCUT2D eigenvalue weighted by atomic mass is 32.2. The Labute approximate surface area is 225 Å². The van der Waals surface area contributed by atoms with Crippen molar-refractivity contribution in [1.29, 1.82) is 0 Å². The number of halogens is 1. The second kappa shape index (κ2) is 10.6. The first-order chi connectivity index (χ1) is 18.7. The number of nitrogens with zero attached hydrogens (tertiary/aromatic N) is 3. The summed E-state index contributed by atoms with van der Waals surface area (Å²) in [5, 5.41) is -0.00269.